The Labute approximate surface area is 125 Å². The lowest BCUT2D eigenvalue weighted by atomic mass is 9.91. The number of carbonyl (C=O) groups is 1. The van der Waals surface area contributed by atoms with Crippen LogP contribution in [0.3, 0.4) is 0 Å². The van der Waals surface area contributed by atoms with Crippen molar-refractivity contribution in [2.24, 2.45) is 5.92 Å². The first-order valence-electron chi connectivity index (χ1n) is 7.02. The van der Waals surface area contributed by atoms with Gasteiger partial charge in [-0.15, -0.1) is 0 Å². The van der Waals surface area contributed by atoms with Crippen molar-refractivity contribution in [3.63, 3.8) is 0 Å². The Balaban J connectivity index is 1.75. The molecule has 20 heavy (non-hydrogen) atoms. The average molecular weight is 297 g/mol. The zero-order valence-corrected chi connectivity index (χ0v) is 12.5. The highest BCUT2D eigenvalue weighted by molar-refractivity contribution is 6.13. The van der Waals surface area contributed by atoms with Crippen molar-refractivity contribution in [3.05, 3.63) is 35.9 Å². The Bertz CT molecular complexity index is 419. The fourth-order valence-corrected chi connectivity index (χ4v) is 2.66. The van der Waals surface area contributed by atoms with Gasteiger partial charge in [0.1, 0.15) is 6.61 Å². The molecule has 1 saturated heterocycles. The van der Waals surface area contributed by atoms with Crippen LogP contribution in [0.5, 0.6) is 0 Å². The van der Waals surface area contributed by atoms with E-state index in [1.807, 2.05) is 30.3 Å². The number of hydrogen-bond acceptors (Lipinski definition) is 3. The minimum Gasteiger partial charge on any atom is -0.445 e. The second-order valence-corrected chi connectivity index (χ2v) is 5.48. The summed E-state index contributed by atoms with van der Waals surface area (Å²) in [5.74, 6) is 0.519. The third-order valence-electron chi connectivity index (χ3n) is 3.88. The molecule has 1 fully saturated rings. The molecule has 1 aliphatic heterocycles. The number of rotatable bonds is 4. The van der Waals surface area contributed by atoms with E-state index in [-0.39, 0.29) is 12.1 Å². The van der Waals surface area contributed by atoms with Gasteiger partial charge in [0.25, 0.3) is 0 Å². The van der Waals surface area contributed by atoms with E-state index < -0.39 is 0 Å². The van der Waals surface area contributed by atoms with Gasteiger partial charge in [-0.25, -0.2) is 9.63 Å². The molecule has 1 aromatic carbocycles. The monoisotopic (exact) mass is 296 g/mol. The van der Waals surface area contributed by atoms with E-state index in [4.69, 9.17) is 16.5 Å². The number of carbonyl (C=O) groups excluding carboxylic acids is 1. The highest BCUT2D eigenvalue weighted by Gasteiger charge is 2.26. The third kappa shape index (κ3) is 4.12. The second kappa shape index (κ2) is 7.50. The average Bonchev–Trinajstić information content (AvgIpc) is 2.53. The van der Waals surface area contributed by atoms with Crippen LogP contribution >= 0.6 is 11.8 Å². The Morgan fingerprint density at radius 3 is 2.65 bits per heavy atom. The third-order valence-corrected chi connectivity index (χ3v) is 4.23. The fraction of sp³-hybridized carbons (Fsp3) is 0.533. The maximum Gasteiger partial charge on any atom is 0.410 e. The van der Waals surface area contributed by atoms with E-state index in [1.165, 1.54) is 0 Å². The Kier molecular flexibility index (Phi) is 5.68. The highest BCUT2D eigenvalue weighted by atomic mass is 35.5. The molecule has 0 unspecified atom stereocenters. The molecule has 1 amide bonds. The van der Waals surface area contributed by atoms with Crippen molar-refractivity contribution in [2.75, 3.05) is 13.1 Å². The predicted molar refractivity (Wildman–Crippen MR) is 79.4 cm³/mol. The number of amides is 1. The van der Waals surface area contributed by atoms with Gasteiger partial charge in [0, 0.05) is 19.1 Å². The normalized spacial score (nSPS) is 17.8. The lowest BCUT2D eigenvalue weighted by Gasteiger charge is -2.33. The predicted octanol–water partition coefficient (Wildman–Crippen LogP) is 3.17. The molecule has 0 aliphatic carbocycles. The first-order chi connectivity index (χ1) is 9.70. The molecule has 1 N–H and O–H groups in total. The first-order valence-corrected chi connectivity index (χ1v) is 7.40. The van der Waals surface area contributed by atoms with Gasteiger partial charge in [0.2, 0.25) is 0 Å². The van der Waals surface area contributed by atoms with Crippen molar-refractivity contribution in [2.45, 2.75) is 32.4 Å². The molecule has 0 saturated carbocycles. The van der Waals surface area contributed by atoms with Gasteiger partial charge in [-0.3, -0.25) is 0 Å². The van der Waals surface area contributed by atoms with Crippen LogP contribution in [0, 0.1) is 5.92 Å². The van der Waals surface area contributed by atoms with Crippen LogP contribution in [0.1, 0.15) is 25.3 Å². The van der Waals surface area contributed by atoms with Gasteiger partial charge >= 0.3 is 6.09 Å². The molecule has 1 atom stereocenters. The molecule has 1 aromatic rings. The van der Waals surface area contributed by atoms with Crippen LogP contribution in [0.15, 0.2) is 30.3 Å². The quantitative estimate of drug-likeness (QED) is 0.868. The van der Waals surface area contributed by atoms with E-state index >= 15 is 0 Å². The molecular weight excluding hydrogens is 276 g/mol. The smallest absolute Gasteiger partial charge is 0.410 e. The number of benzene rings is 1. The van der Waals surface area contributed by atoms with E-state index in [0.717, 1.165) is 31.5 Å². The molecule has 1 aliphatic rings. The molecule has 0 radical (unpaired) electrons. The van der Waals surface area contributed by atoms with Crippen molar-refractivity contribution in [3.8, 4) is 0 Å². The number of hydrogen-bond donors (Lipinski definition) is 1. The van der Waals surface area contributed by atoms with E-state index in [9.17, 15) is 4.79 Å². The number of halogens is 1. The van der Waals surface area contributed by atoms with Crippen LogP contribution in [0.2, 0.25) is 0 Å². The van der Waals surface area contributed by atoms with Gasteiger partial charge in [-0.2, -0.15) is 0 Å². The summed E-state index contributed by atoms with van der Waals surface area (Å²) in [4.78, 5) is 16.5. The van der Waals surface area contributed by atoms with Crippen LogP contribution in [0.4, 0.5) is 4.79 Å². The zero-order valence-electron chi connectivity index (χ0n) is 11.7. The van der Waals surface area contributed by atoms with E-state index in [0.29, 0.717) is 12.5 Å². The maximum absolute atomic E-state index is 12.0. The SMILES string of the molecule is C[C@H](NCl)C1CCN(C(=O)OCc2ccccc2)CC1. The fourth-order valence-electron chi connectivity index (χ4n) is 2.48. The molecule has 1 heterocycles. The van der Waals surface area contributed by atoms with Crippen molar-refractivity contribution >= 4 is 17.9 Å². The maximum atomic E-state index is 12.0. The summed E-state index contributed by atoms with van der Waals surface area (Å²) >= 11 is 5.65. The van der Waals surface area contributed by atoms with Gasteiger partial charge in [-0.05, 0) is 43.0 Å². The Morgan fingerprint density at radius 2 is 2.05 bits per heavy atom. The van der Waals surface area contributed by atoms with Gasteiger partial charge < -0.3 is 9.64 Å². The molecule has 0 bridgehead atoms. The summed E-state index contributed by atoms with van der Waals surface area (Å²) < 4.78 is 5.33. The first kappa shape index (κ1) is 15.1. The van der Waals surface area contributed by atoms with Crippen molar-refractivity contribution in [1.29, 1.82) is 0 Å². The van der Waals surface area contributed by atoms with Crippen LogP contribution < -0.4 is 4.84 Å². The van der Waals surface area contributed by atoms with Crippen LogP contribution in [0.25, 0.3) is 0 Å². The van der Waals surface area contributed by atoms with Crippen LogP contribution in [-0.4, -0.2) is 30.1 Å². The van der Waals surface area contributed by atoms with Gasteiger partial charge in [-0.1, -0.05) is 30.3 Å². The summed E-state index contributed by atoms with van der Waals surface area (Å²) in [5, 5.41) is 0. The molecule has 5 heteroatoms. The minimum absolute atomic E-state index is 0.223. The number of likely N-dealkylation sites (tertiary alicyclic amines) is 1. The summed E-state index contributed by atoms with van der Waals surface area (Å²) in [6.07, 6.45) is 1.70. The summed E-state index contributed by atoms with van der Waals surface area (Å²) in [6, 6.07) is 10.0. The lowest BCUT2D eigenvalue weighted by Crippen LogP contribution is -2.42. The number of nitrogens with one attached hydrogen (secondary N) is 1. The number of piperidine rings is 1. The zero-order chi connectivity index (χ0) is 14.4. The molecule has 0 spiro atoms. The molecule has 110 valence electrons. The van der Waals surface area contributed by atoms with E-state index in [1.54, 1.807) is 4.90 Å². The second-order valence-electron chi connectivity index (χ2n) is 5.26. The van der Waals surface area contributed by atoms with Crippen molar-refractivity contribution in [1.82, 2.24) is 9.74 Å². The van der Waals surface area contributed by atoms with Gasteiger partial charge in [0.15, 0.2) is 0 Å². The molecule has 2 rings (SSSR count). The Morgan fingerprint density at radius 1 is 1.40 bits per heavy atom. The van der Waals surface area contributed by atoms with Crippen molar-refractivity contribution < 1.29 is 9.53 Å². The summed E-state index contributed by atoms with van der Waals surface area (Å²) in [6.45, 7) is 3.88. The number of ether oxygens (including phenoxy) is 1. The van der Waals surface area contributed by atoms with Crippen LogP contribution in [-0.2, 0) is 11.3 Å². The summed E-state index contributed by atoms with van der Waals surface area (Å²) in [5.41, 5.74) is 1.01. The standard InChI is InChI=1S/C15H21ClN2O2/c1-12(17-16)14-7-9-18(10-8-14)15(19)20-11-13-5-3-2-4-6-13/h2-6,12,14,17H,7-11H2,1H3/t12-/m0/s1. The summed E-state index contributed by atoms with van der Waals surface area (Å²) in [7, 11) is 0. The number of nitrogens with zero attached hydrogens (tertiary/aromatic N) is 1. The topological polar surface area (TPSA) is 41.6 Å². The van der Waals surface area contributed by atoms with E-state index in [2.05, 4.69) is 11.8 Å². The Hall–Kier alpha value is -1.26. The highest BCUT2D eigenvalue weighted by Crippen LogP contribution is 2.21. The molecule has 4 nitrogen and oxygen atoms in total. The lowest BCUT2D eigenvalue weighted by molar-refractivity contribution is 0.0798. The molecular formula is C15H21ClN2O2. The largest absolute Gasteiger partial charge is 0.445 e. The van der Waals surface area contributed by atoms with Gasteiger partial charge in [0.05, 0.1) is 0 Å². The minimum atomic E-state index is -0.223. The molecule has 0 aromatic heterocycles.